The molecule has 5 heteroatoms. The summed E-state index contributed by atoms with van der Waals surface area (Å²) in [4.78, 5) is 4.07. The summed E-state index contributed by atoms with van der Waals surface area (Å²) < 4.78 is 14.0. The van der Waals surface area contributed by atoms with Gasteiger partial charge in [0.1, 0.15) is 5.69 Å². The zero-order chi connectivity index (χ0) is 12.6. The van der Waals surface area contributed by atoms with Crippen LogP contribution < -0.4 is 4.74 Å². The van der Waals surface area contributed by atoms with E-state index in [1.807, 2.05) is 19.1 Å². The second-order valence-electron chi connectivity index (χ2n) is 3.54. The van der Waals surface area contributed by atoms with Crippen molar-refractivity contribution in [1.82, 2.24) is 13.7 Å². The Bertz CT molecular complexity index is 542. The lowest BCUT2D eigenvalue weighted by atomic mass is 10.2. The first-order valence-electron chi connectivity index (χ1n) is 5.67. The maximum Gasteiger partial charge on any atom is 0.254 e. The van der Waals surface area contributed by atoms with Crippen LogP contribution in [0.25, 0.3) is 11.3 Å². The molecule has 0 radical (unpaired) electrons. The van der Waals surface area contributed by atoms with Crippen LogP contribution in [0.15, 0.2) is 24.5 Å². The molecule has 0 aliphatic carbocycles. The molecule has 92 valence electrons. The largest absolute Gasteiger partial charge is 0.475 e. The van der Waals surface area contributed by atoms with Gasteiger partial charge in [0.15, 0.2) is 0 Å². The van der Waals surface area contributed by atoms with Gasteiger partial charge in [-0.1, -0.05) is 0 Å². The number of ether oxygens (including phenoxy) is 1. The summed E-state index contributed by atoms with van der Waals surface area (Å²) in [6.07, 6.45) is 5.22. The molecule has 18 heavy (non-hydrogen) atoms. The van der Waals surface area contributed by atoms with E-state index >= 15 is 0 Å². The van der Waals surface area contributed by atoms with Crippen molar-refractivity contribution in [3.8, 4) is 29.0 Å². The molecule has 0 N–H and O–H groups in total. The molecular formula is C13H13N3OS. The lowest BCUT2D eigenvalue weighted by molar-refractivity contribution is 0.305. The van der Waals surface area contributed by atoms with E-state index in [-0.39, 0.29) is 0 Å². The van der Waals surface area contributed by atoms with Crippen LogP contribution in [0, 0.1) is 11.8 Å². The van der Waals surface area contributed by atoms with Gasteiger partial charge >= 0.3 is 0 Å². The predicted molar refractivity (Wildman–Crippen MR) is 71.3 cm³/mol. The Kier molecular flexibility index (Phi) is 4.68. The average molecular weight is 259 g/mol. The number of unbranched alkanes of at least 4 members (excludes halogenated alkanes) is 1. The Morgan fingerprint density at radius 2 is 2.33 bits per heavy atom. The van der Waals surface area contributed by atoms with Gasteiger partial charge in [-0.25, -0.2) is 0 Å². The summed E-state index contributed by atoms with van der Waals surface area (Å²) in [7, 11) is 0. The third-order valence-electron chi connectivity index (χ3n) is 2.26. The number of pyridine rings is 1. The summed E-state index contributed by atoms with van der Waals surface area (Å²) in [5.41, 5.74) is 1.68. The standard InChI is InChI=1S/C13H13N3OS/c1-2-3-4-5-9-17-13-12(15-18-16-13)11-7-6-8-14-10-11/h6-8,10H,4-5,9H2,1H3. The highest BCUT2D eigenvalue weighted by Gasteiger charge is 2.11. The molecule has 0 aliphatic heterocycles. The lowest BCUT2D eigenvalue weighted by Gasteiger charge is -2.03. The highest BCUT2D eigenvalue weighted by atomic mass is 32.1. The Balaban J connectivity index is 1.97. The molecule has 0 spiro atoms. The van der Waals surface area contributed by atoms with Crippen molar-refractivity contribution in [1.29, 1.82) is 0 Å². The first kappa shape index (κ1) is 12.5. The molecule has 0 fully saturated rings. The Labute approximate surface area is 110 Å². The second kappa shape index (κ2) is 6.72. The molecule has 2 heterocycles. The Morgan fingerprint density at radius 1 is 1.39 bits per heavy atom. The van der Waals surface area contributed by atoms with Gasteiger partial charge in [-0.05, 0) is 25.5 Å². The topological polar surface area (TPSA) is 47.9 Å². The van der Waals surface area contributed by atoms with Crippen LogP contribution in [0.1, 0.15) is 19.8 Å². The summed E-state index contributed by atoms with van der Waals surface area (Å²) in [6, 6.07) is 3.81. The third-order valence-corrected chi connectivity index (χ3v) is 2.77. The molecule has 0 atom stereocenters. The van der Waals surface area contributed by atoms with E-state index in [2.05, 4.69) is 25.6 Å². The van der Waals surface area contributed by atoms with Crippen molar-refractivity contribution in [3.05, 3.63) is 24.5 Å². The molecular weight excluding hydrogens is 246 g/mol. The van der Waals surface area contributed by atoms with Crippen molar-refractivity contribution in [2.24, 2.45) is 0 Å². The van der Waals surface area contributed by atoms with Crippen LogP contribution >= 0.6 is 11.7 Å². The first-order chi connectivity index (χ1) is 8.92. The lowest BCUT2D eigenvalue weighted by Crippen LogP contribution is -1.98. The van der Waals surface area contributed by atoms with Crippen LogP contribution in [0.5, 0.6) is 5.88 Å². The van der Waals surface area contributed by atoms with E-state index in [1.165, 1.54) is 0 Å². The maximum absolute atomic E-state index is 5.62. The van der Waals surface area contributed by atoms with Gasteiger partial charge in [0.2, 0.25) is 0 Å². The maximum atomic E-state index is 5.62. The molecule has 2 aromatic heterocycles. The number of hydrogen-bond acceptors (Lipinski definition) is 5. The first-order valence-corrected chi connectivity index (χ1v) is 6.40. The number of nitrogens with zero attached hydrogens (tertiary/aromatic N) is 3. The normalized spacial score (nSPS) is 9.61. The fraction of sp³-hybridized carbons (Fsp3) is 0.308. The van der Waals surface area contributed by atoms with Crippen LogP contribution in [0.2, 0.25) is 0 Å². The molecule has 0 bridgehead atoms. The number of aromatic nitrogens is 3. The third kappa shape index (κ3) is 3.28. The molecule has 0 saturated heterocycles. The minimum absolute atomic E-state index is 0.581. The zero-order valence-electron chi connectivity index (χ0n) is 10.1. The molecule has 4 nitrogen and oxygen atoms in total. The van der Waals surface area contributed by atoms with Gasteiger partial charge < -0.3 is 4.74 Å². The van der Waals surface area contributed by atoms with Crippen LogP contribution in [-0.4, -0.2) is 20.3 Å². The summed E-state index contributed by atoms with van der Waals surface area (Å²) in [5.74, 6) is 6.44. The van der Waals surface area contributed by atoms with Gasteiger partial charge in [-0.3, -0.25) is 4.98 Å². The molecule has 0 aliphatic rings. The molecule has 2 rings (SSSR count). The smallest absolute Gasteiger partial charge is 0.254 e. The van der Waals surface area contributed by atoms with Crippen molar-refractivity contribution in [2.45, 2.75) is 19.8 Å². The summed E-state index contributed by atoms with van der Waals surface area (Å²) in [6.45, 7) is 2.44. The van der Waals surface area contributed by atoms with E-state index in [4.69, 9.17) is 4.74 Å². The van der Waals surface area contributed by atoms with Gasteiger partial charge in [-0.2, -0.15) is 4.37 Å². The fourth-order valence-electron chi connectivity index (χ4n) is 1.41. The zero-order valence-corrected chi connectivity index (χ0v) is 10.9. The van der Waals surface area contributed by atoms with E-state index in [0.29, 0.717) is 12.5 Å². The van der Waals surface area contributed by atoms with Gasteiger partial charge in [-0.15, -0.1) is 16.2 Å². The van der Waals surface area contributed by atoms with Crippen molar-refractivity contribution < 1.29 is 4.74 Å². The Morgan fingerprint density at radius 3 is 3.11 bits per heavy atom. The van der Waals surface area contributed by atoms with Crippen LogP contribution in [0.4, 0.5) is 0 Å². The van der Waals surface area contributed by atoms with E-state index in [1.54, 1.807) is 12.4 Å². The predicted octanol–water partition coefficient (Wildman–Crippen LogP) is 2.78. The number of rotatable bonds is 5. The van der Waals surface area contributed by atoms with E-state index in [0.717, 1.165) is 35.8 Å². The van der Waals surface area contributed by atoms with Crippen molar-refractivity contribution >= 4 is 11.7 Å². The second-order valence-corrected chi connectivity index (χ2v) is 4.07. The van der Waals surface area contributed by atoms with Gasteiger partial charge in [0, 0.05) is 24.4 Å². The van der Waals surface area contributed by atoms with Crippen molar-refractivity contribution in [3.63, 3.8) is 0 Å². The SMILES string of the molecule is CC#CCCCOc1nsnc1-c1cccnc1. The highest BCUT2D eigenvalue weighted by molar-refractivity contribution is 6.99. The molecule has 2 aromatic rings. The minimum atomic E-state index is 0.581. The monoisotopic (exact) mass is 259 g/mol. The minimum Gasteiger partial charge on any atom is -0.475 e. The average Bonchev–Trinajstić information content (AvgIpc) is 2.88. The van der Waals surface area contributed by atoms with Crippen LogP contribution in [0.3, 0.4) is 0 Å². The van der Waals surface area contributed by atoms with E-state index in [9.17, 15) is 0 Å². The van der Waals surface area contributed by atoms with Gasteiger partial charge in [0.25, 0.3) is 5.88 Å². The summed E-state index contributed by atoms with van der Waals surface area (Å²) in [5, 5.41) is 0. The highest BCUT2D eigenvalue weighted by Crippen LogP contribution is 2.26. The fourth-order valence-corrected chi connectivity index (χ4v) is 1.93. The van der Waals surface area contributed by atoms with Crippen LogP contribution in [-0.2, 0) is 0 Å². The quantitative estimate of drug-likeness (QED) is 0.612. The van der Waals surface area contributed by atoms with Crippen molar-refractivity contribution in [2.75, 3.05) is 6.61 Å². The Hall–Kier alpha value is -1.93. The summed E-state index contributed by atoms with van der Waals surface area (Å²) >= 11 is 1.15. The van der Waals surface area contributed by atoms with E-state index < -0.39 is 0 Å². The van der Waals surface area contributed by atoms with Gasteiger partial charge in [0.05, 0.1) is 18.3 Å². The molecule has 0 unspecified atom stereocenters. The number of hydrogen-bond donors (Lipinski definition) is 0. The molecule has 0 saturated carbocycles. The molecule has 0 aromatic carbocycles. The molecule has 0 amide bonds.